The van der Waals surface area contributed by atoms with Crippen LogP contribution in [0.1, 0.15) is 22.2 Å². The van der Waals surface area contributed by atoms with Gasteiger partial charge in [-0.05, 0) is 43.6 Å². The lowest BCUT2D eigenvalue weighted by Crippen LogP contribution is -2.34. The van der Waals surface area contributed by atoms with Gasteiger partial charge in [-0.3, -0.25) is 4.79 Å². The van der Waals surface area contributed by atoms with Gasteiger partial charge in [0, 0.05) is 45.9 Å². The van der Waals surface area contributed by atoms with E-state index in [0.717, 1.165) is 32.2 Å². The molecule has 4 heterocycles. The summed E-state index contributed by atoms with van der Waals surface area (Å²) in [5, 5.41) is 8.51. The highest BCUT2D eigenvalue weighted by molar-refractivity contribution is 7.21. The molecular formula is C20H16ClN5O2S. The summed E-state index contributed by atoms with van der Waals surface area (Å²) < 4.78 is 6.87. The molecule has 5 rings (SSSR count). The van der Waals surface area contributed by atoms with Gasteiger partial charge in [-0.25, -0.2) is 9.97 Å². The first kappa shape index (κ1) is 18.1. The molecule has 1 atom stereocenters. The lowest BCUT2D eigenvalue weighted by atomic mass is 10.1. The first-order valence-corrected chi connectivity index (χ1v) is 10.3. The molecule has 0 saturated carbocycles. The number of benzene rings is 1. The van der Waals surface area contributed by atoms with Crippen LogP contribution in [-0.2, 0) is 0 Å². The summed E-state index contributed by atoms with van der Waals surface area (Å²) in [5.74, 6) is 0.737. The Bertz CT molecular complexity index is 1290. The van der Waals surface area contributed by atoms with Crippen LogP contribution in [0.3, 0.4) is 0 Å². The van der Waals surface area contributed by atoms with Gasteiger partial charge >= 0.3 is 0 Å². The van der Waals surface area contributed by atoms with Crippen molar-refractivity contribution in [3.63, 3.8) is 0 Å². The molecule has 0 fully saturated rings. The topological polar surface area (TPSA) is 89.0 Å². The second kappa shape index (κ2) is 6.82. The number of aryl methyl sites for hydroxylation is 1. The Balaban J connectivity index is 1.62. The van der Waals surface area contributed by atoms with Gasteiger partial charge in [-0.2, -0.15) is 4.98 Å². The predicted octanol–water partition coefficient (Wildman–Crippen LogP) is 4.54. The molecule has 0 aliphatic carbocycles. The maximum absolute atomic E-state index is 12.5. The van der Waals surface area contributed by atoms with Crippen LogP contribution >= 0.6 is 22.9 Å². The smallest absolute Gasteiger partial charge is 0.263 e. The van der Waals surface area contributed by atoms with Crippen LogP contribution in [0.2, 0.25) is 5.28 Å². The molecule has 0 saturated heterocycles. The molecule has 9 heteroatoms. The van der Waals surface area contributed by atoms with E-state index >= 15 is 0 Å². The van der Waals surface area contributed by atoms with Crippen molar-refractivity contribution in [2.45, 2.75) is 19.9 Å². The number of carbonyl (C=O) groups excluding carboxylic acids is 1. The molecule has 29 heavy (non-hydrogen) atoms. The van der Waals surface area contributed by atoms with Crippen LogP contribution in [-0.4, -0.2) is 33.4 Å². The average molecular weight is 426 g/mol. The van der Waals surface area contributed by atoms with E-state index in [1.54, 1.807) is 12.3 Å². The van der Waals surface area contributed by atoms with Crippen molar-refractivity contribution in [3.8, 4) is 11.8 Å². The van der Waals surface area contributed by atoms with E-state index in [4.69, 9.17) is 16.3 Å². The van der Waals surface area contributed by atoms with Crippen molar-refractivity contribution >= 4 is 55.5 Å². The highest BCUT2D eigenvalue weighted by Crippen LogP contribution is 2.41. The van der Waals surface area contributed by atoms with E-state index < -0.39 is 0 Å². The first-order valence-electron chi connectivity index (χ1n) is 9.07. The molecule has 0 spiro atoms. The summed E-state index contributed by atoms with van der Waals surface area (Å²) in [4.78, 5) is 25.9. The Hall–Kier alpha value is -2.97. The molecule has 146 valence electrons. The lowest BCUT2D eigenvalue weighted by molar-refractivity contribution is 0.0949. The van der Waals surface area contributed by atoms with E-state index in [0.29, 0.717) is 23.2 Å². The number of amides is 1. The molecule has 4 aromatic rings. The number of pyridine rings is 1. The number of hydrogen-bond donors (Lipinski definition) is 2. The fourth-order valence-electron chi connectivity index (χ4n) is 3.37. The summed E-state index contributed by atoms with van der Waals surface area (Å²) in [6.07, 6.45) is 1.60. The van der Waals surface area contributed by atoms with Gasteiger partial charge in [0.1, 0.15) is 4.88 Å². The highest BCUT2D eigenvalue weighted by Gasteiger charge is 2.24. The minimum absolute atomic E-state index is 0.0455. The van der Waals surface area contributed by atoms with E-state index in [1.807, 2.05) is 32.0 Å². The molecule has 1 aromatic carbocycles. The summed E-state index contributed by atoms with van der Waals surface area (Å²) in [5.41, 5.74) is 2.40. The minimum Gasteiger partial charge on any atom is -0.420 e. The molecule has 1 aliphatic rings. The van der Waals surface area contributed by atoms with Gasteiger partial charge in [-0.15, -0.1) is 11.3 Å². The second-order valence-corrected chi connectivity index (χ2v) is 8.34. The summed E-state index contributed by atoms with van der Waals surface area (Å²) >= 11 is 7.36. The van der Waals surface area contributed by atoms with Gasteiger partial charge in [-0.1, -0.05) is 0 Å². The lowest BCUT2D eigenvalue weighted by Gasteiger charge is -2.10. The van der Waals surface area contributed by atoms with Gasteiger partial charge in [0.2, 0.25) is 17.0 Å². The number of nitrogens with one attached hydrogen (secondary N) is 2. The number of rotatable bonds is 2. The van der Waals surface area contributed by atoms with Crippen molar-refractivity contribution in [1.82, 2.24) is 20.3 Å². The third-order valence-electron chi connectivity index (χ3n) is 4.76. The van der Waals surface area contributed by atoms with Crippen LogP contribution < -0.4 is 15.4 Å². The first-order chi connectivity index (χ1) is 14.0. The van der Waals surface area contributed by atoms with Crippen molar-refractivity contribution in [1.29, 1.82) is 0 Å². The molecule has 0 unspecified atom stereocenters. The monoisotopic (exact) mass is 425 g/mol. The SMILES string of the molecule is Cc1cnc(Cl)nc1Oc1ccc2c(ccc3sc4c(c32)NC[C@@H](C)NC4=O)n1. The summed E-state index contributed by atoms with van der Waals surface area (Å²) in [6.45, 7) is 4.49. The van der Waals surface area contributed by atoms with E-state index in [-0.39, 0.29) is 17.2 Å². The minimum atomic E-state index is -0.0455. The zero-order chi connectivity index (χ0) is 20.1. The Labute approximate surface area is 175 Å². The van der Waals surface area contributed by atoms with E-state index in [9.17, 15) is 4.79 Å². The molecule has 3 aromatic heterocycles. The van der Waals surface area contributed by atoms with Crippen LogP contribution in [0.25, 0.3) is 21.0 Å². The quantitative estimate of drug-likeness (QED) is 0.458. The number of hydrogen-bond acceptors (Lipinski definition) is 7. The average Bonchev–Trinajstić information content (AvgIpc) is 3.01. The van der Waals surface area contributed by atoms with Gasteiger partial charge in [0.15, 0.2) is 0 Å². The number of thiophene rings is 1. The summed E-state index contributed by atoms with van der Waals surface area (Å²) in [6, 6.07) is 7.73. The molecule has 2 N–H and O–H groups in total. The highest BCUT2D eigenvalue weighted by atomic mass is 35.5. The largest absolute Gasteiger partial charge is 0.420 e. The number of nitrogens with zero attached hydrogens (tertiary/aromatic N) is 3. The number of aromatic nitrogens is 3. The standard InChI is InChI=1S/C20H16ClN5O2S/c1-9-7-23-20(21)26-19(9)28-14-6-3-11-12(25-14)4-5-13-15(11)16-17(29-13)18(27)24-10(2)8-22-16/h3-7,10,22H,8H2,1-2H3,(H,24,27)/t10-/m1/s1. The fraction of sp³-hybridized carbons (Fsp3) is 0.200. The fourth-order valence-corrected chi connectivity index (χ4v) is 4.60. The maximum atomic E-state index is 12.5. The number of anilines is 1. The number of fused-ring (bicyclic) bond motifs is 5. The molecule has 0 radical (unpaired) electrons. The van der Waals surface area contributed by atoms with E-state index in [1.165, 1.54) is 11.3 Å². The number of ether oxygens (including phenoxy) is 1. The van der Waals surface area contributed by atoms with Gasteiger partial charge in [0.05, 0.1) is 11.2 Å². The van der Waals surface area contributed by atoms with Crippen molar-refractivity contribution < 1.29 is 9.53 Å². The van der Waals surface area contributed by atoms with E-state index in [2.05, 4.69) is 25.6 Å². The molecule has 1 aliphatic heterocycles. The van der Waals surface area contributed by atoms with Gasteiger partial charge < -0.3 is 15.4 Å². The van der Waals surface area contributed by atoms with Gasteiger partial charge in [0.25, 0.3) is 5.91 Å². The Kier molecular flexibility index (Phi) is 4.25. The predicted molar refractivity (Wildman–Crippen MR) is 114 cm³/mol. The molecule has 7 nitrogen and oxygen atoms in total. The van der Waals surface area contributed by atoms with Crippen LogP contribution in [0, 0.1) is 6.92 Å². The number of halogens is 1. The zero-order valence-electron chi connectivity index (χ0n) is 15.6. The molecule has 1 amide bonds. The molecular weight excluding hydrogens is 410 g/mol. The Morgan fingerprint density at radius 3 is 2.97 bits per heavy atom. The third kappa shape index (κ3) is 3.14. The summed E-state index contributed by atoms with van der Waals surface area (Å²) in [7, 11) is 0. The van der Waals surface area contributed by atoms with Crippen molar-refractivity contribution in [3.05, 3.63) is 46.2 Å². The number of carbonyl (C=O) groups is 1. The van der Waals surface area contributed by atoms with Crippen molar-refractivity contribution in [2.24, 2.45) is 0 Å². The molecule has 0 bridgehead atoms. The maximum Gasteiger partial charge on any atom is 0.263 e. The third-order valence-corrected chi connectivity index (χ3v) is 6.10. The Morgan fingerprint density at radius 1 is 1.24 bits per heavy atom. The normalized spacial score (nSPS) is 16.2. The van der Waals surface area contributed by atoms with Crippen LogP contribution in [0.4, 0.5) is 5.69 Å². The van der Waals surface area contributed by atoms with Crippen LogP contribution in [0.15, 0.2) is 30.5 Å². The Morgan fingerprint density at radius 2 is 2.10 bits per heavy atom. The second-order valence-electron chi connectivity index (χ2n) is 6.95. The van der Waals surface area contributed by atoms with Crippen molar-refractivity contribution in [2.75, 3.05) is 11.9 Å². The van der Waals surface area contributed by atoms with Crippen LogP contribution in [0.5, 0.6) is 11.8 Å². The zero-order valence-corrected chi connectivity index (χ0v) is 17.2.